The number of rotatable bonds is 0. The Hall–Kier alpha value is -0.260. The molecule has 0 N–H and O–H groups in total. The van der Waals surface area contributed by atoms with Crippen LogP contribution in [-0.4, -0.2) is 0 Å². The summed E-state index contributed by atoms with van der Waals surface area (Å²) >= 11 is 0. The normalized spacial score (nSPS) is 27.2. The molecule has 0 heteroatoms. The summed E-state index contributed by atoms with van der Waals surface area (Å²) in [6.07, 6.45) is 4.06. The summed E-state index contributed by atoms with van der Waals surface area (Å²) in [6.45, 7) is 14.2. The lowest BCUT2D eigenvalue weighted by atomic mass is 9.76. The number of allylic oxidation sites excluding steroid dienone is 2. The van der Waals surface area contributed by atoms with Crippen molar-refractivity contribution in [3.63, 3.8) is 0 Å². The predicted octanol–water partition coefficient (Wildman–Crippen LogP) is 4.56. The van der Waals surface area contributed by atoms with Crippen LogP contribution in [0.2, 0.25) is 0 Å². The maximum atomic E-state index is 2.38. The second kappa shape index (κ2) is 3.15. The van der Waals surface area contributed by atoms with E-state index in [0.717, 1.165) is 0 Å². The monoisotopic (exact) mass is 180 g/mol. The summed E-state index contributed by atoms with van der Waals surface area (Å²) in [4.78, 5) is 0. The van der Waals surface area contributed by atoms with Gasteiger partial charge in [-0.3, -0.25) is 0 Å². The number of hydrogen-bond acceptors (Lipinski definition) is 0. The minimum Gasteiger partial charge on any atom is -0.0682 e. The molecule has 0 nitrogen and oxygen atoms in total. The first-order chi connectivity index (χ1) is 5.77. The Bertz CT molecular complexity index is 204. The average Bonchev–Trinajstić information content (AvgIpc) is 2.04. The van der Waals surface area contributed by atoms with Crippen LogP contribution in [0.15, 0.2) is 11.1 Å². The molecule has 0 radical (unpaired) electrons. The van der Waals surface area contributed by atoms with E-state index in [1.54, 1.807) is 11.1 Å². The van der Waals surface area contributed by atoms with Crippen LogP contribution in [0.5, 0.6) is 0 Å². The van der Waals surface area contributed by atoms with E-state index in [2.05, 4.69) is 41.5 Å². The molecule has 0 spiro atoms. The largest absolute Gasteiger partial charge is 0.0682 e. The minimum atomic E-state index is 0.428. The Morgan fingerprint density at radius 2 is 1.08 bits per heavy atom. The molecule has 0 aromatic rings. The standard InChI is InChI=1S/C13H24/c1-10-11(2)13(5,6)9-7-8-12(10,3)4/h7-9H2,1-6H3. The molecular formula is C13H24. The molecule has 0 aliphatic heterocycles. The fraction of sp³-hybridized carbons (Fsp3) is 0.846. The van der Waals surface area contributed by atoms with Gasteiger partial charge in [-0.05, 0) is 37.5 Å². The van der Waals surface area contributed by atoms with Crippen LogP contribution in [0.4, 0.5) is 0 Å². The van der Waals surface area contributed by atoms with Crippen LogP contribution in [0, 0.1) is 10.8 Å². The van der Waals surface area contributed by atoms with E-state index >= 15 is 0 Å². The van der Waals surface area contributed by atoms with Gasteiger partial charge in [-0.1, -0.05) is 45.3 Å². The van der Waals surface area contributed by atoms with Crippen LogP contribution < -0.4 is 0 Å². The molecule has 0 saturated carbocycles. The lowest BCUT2D eigenvalue weighted by molar-refractivity contribution is 0.369. The molecule has 1 aliphatic carbocycles. The summed E-state index contributed by atoms with van der Waals surface area (Å²) in [6, 6.07) is 0. The van der Waals surface area contributed by atoms with Gasteiger partial charge >= 0.3 is 0 Å². The molecule has 0 unspecified atom stereocenters. The zero-order valence-electron chi connectivity index (χ0n) is 10.1. The molecule has 0 atom stereocenters. The van der Waals surface area contributed by atoms with Crippen LogP contribution in [0.3, 0.4) is 0 Å². The molecular weight excluding hydrogens is 156 g/mol. The van der Waals surface area contributed by atoms with Crippen molar-refractivity contribution in [2.75, 3.05) is 0 Å². The average molecular weight is 180 g/mol. The third-order valence-electron chi connectivity index (χ3n) is 4.20. The molecule has 0 amide bonds. The van der Waals surface area contributed by atoms with Gasteiger partial charge in [0.15, 0.2) is 0 Å². The summed E-state index contributed by atoms with van der Waals surface area (Å²) in [7, 11) is 0. The van der Waals surface area contributed by atoms with Gasteiger partial charge in [-0.2, -0.15) is 0 Å². The molecule has 0 fully saturated rings. The van der Waals surface area contributed by atoms with Gasteiger partial charge < -0.3 is 0 Å². The van der Waals surface area contributed by atoms with Gasteiger partial charge in [0.25, 0.3) is 0 Å². The zero-order chi connectivity index (χ0) is 10.3. The highest BCUT2D eigenvalue weighted by Crippen LogP contribution is 2.45. The minimum absolute atomic E-state index is 0.428. The van der Waals surface area contributed by atoms with E-state index in [-0.39, 0.29) is 0 Å². The lowest BCUT2D eigenvalue weighted by Gasteiger charge is -2.29. The summed E-state index contributed by atoms with van der Waals surface area (Å²) in [5.41, 5.74) is 4.10. The van der Waals surface area contributed by atoms with Crippen molar-refractivity contribution >= 4 is 0 Å². The van der Waals surface area contributed by atoms with Crippen molar-refractivity contribution in [3.8, 4) is 0 Å². The topological polar surface area (TPSA) is 0 Å². The van der Waals surface area contributed by atoms with Gasteiger partial charge in [0.05, 0.1) is 0 Å². The van der Waals surface area contributed by atoms with E-state index in [4.69, 9.17) is 0 Å². The van der Waals surface area contributed by atoms with Crippen molar-refractivity contribution in [1.29, 1.82) is 0 Å². The Labute approximate surface area is 83.4 Å². The number of hydrogen-bond donors (Lipinski definition) is 0. The van der Waals surface area contributed by atoms with Crippen molar-refractivity contribution in [2.24, 2.45) is 10.8 Å². The molecule has 76 valence electrons. The smallest absolute Gasteiger partial charge is 0.0145 e. The molecule has 13 heavy (non-hydrogen) atoms. The molecule has 0 aromatic heterocycles. The van der Waals surface area contributed by atoms with Crippen molar-refractivity contribution in [3.05, 3.63) is 11.1 Å². The summed E-state index contributed by atoms with van der Waals surface area (Å²) in [5, 5.41) is 0. The second-order valence-corrected chi connectivity index (χ2v) is 5.87. The van der Waals surface area contributed by atoms with Gasteiger partial charge in [-0.25, -0.2) is 0 Å². The fourth-order valence-corrected chi connectivity index (χ4v) is 2.36. The highest BCUT2D eigenvalue weighted by Gasteiger charge is 2.31. The van der Waals surface area contributed by atoms with E-state index in [9.17, 15) is 0 Å². The molecule has 1 aliphatic rings. The maximum Gasteiger partial charge on any atom is -0.0145 e. The van der Waals surface area contributed by atoms with E-state index in [1.807, 2.05) is 0 Å². The molecule has 0 saturated heterocycles. The Morgan fingerprint density at radius 3 is 1.38 bits per heavy atom. The quantitative estimate of drug-likeness (QED) is 0.479. The lowest BCUT2D eigenvalue weighted by Crippen LogP contribution is -2.16. The van der Waals surface area contributed by atoms with Crippen LogP contribution in [0.25, 0.3) is 0 Å². The Morgan fingerprint density at radius 1 is 0.769 bits per heavy atom. The molecule has 0 heterocycles. The van der Waals surface area contributed by atoms with Gasteiger partial charge in [0, 0.05) is 0 Å². The summed E-state index contributed by atoms with van der Waals surface area (Å²) in [5.74, 6) is 0. The first kappa shape index (κ1) is 10.8. The van der Waals surface area contributed by atoms with E-state index < -0.39 is 0 Å². The second-order valence-electron chi connectivity index (χ2n) is 5.87. The van der Waals surface area contributed by atoms with Crippen molar-refractivity contribution in [1.82, 2.24) is 0 Å². The zero-order valence-corrected chi connectivity index (χ0v) is 10.1. The third kappa shape index (κ3) is 1.98. The van der Waals surface area contributed by atoms with Crippen LogP contribution in [-0.2, 0) is 0 Å². The Kier molecular flexibility index (Phi) is 2.62. The molecule has 0 bridgehead atoms. The third-order valence-corrected chi connectivity index (χ3v) is 4.20. The Balaban J connectivity index is 3.12. The SMILES string of the molecule is CC1=C(C)C(C)(C)CCCC1(C)C. The van der Waals surface area contributed by atoms with Crippen molar-refractivity contribution < 1.29 is 0 Å². The predicted molar refractivity (Wildman–Crippen MR) is 59.8 cm³/mol. The first-order valence-electron chi connectivity index (χ1n) is 5.46. The first-order valence-corrected chi connectivity index (χ1v) is 5.46. The molecule has 0 aromatic carbocycles. The molecule has 1 rings (SSSR count). The van der Waals surface area contributed by atoms with Crippen molar-refractivity contribution in [2.45, 2.75) is 60.8 Å². The van der Waals surface area contributed by atoms with E-state index in [0.29, 0.717) is 10.8 Å². The van der Waals surface area contributed by atoms with Crippen LogP contribution in [0.1, 0.15) is 60.8 Å². The van der Waals surface area contributed by atoms with Crippen LogP contribution >= 0.6 is 0 Å². The van der Waals surface area contributed by atoms with Gasteiger partial charge in [0.1, 0.15) is 0 Å². The summed E-state index contributed by atoms with van der Waals surface area (Å²) < 4.78 is 0. The fourth-order valence-electron chi connectivity index (χ4n) is 2.36. The highest BCUT2D eigenvalue weighted by molar-refractivity contribution is 5.23. The van der Waals surface area contributed by atoms with E-state index in [1.165, 1.54) is 19.3 Å². The van der Waals surface area contributed by atoms with Gasteiger partial charge in [0.2, 0.25) is 0 Å². The highest BCUT2D eigenvalue weighted by atomic mass is 14.4. The maximum absolute atomic E-state index is 2.38. The van der Waals surface area contributed by atoms with Gasteiger partial charge in [-0.15, -0.1) is 0 Å².